The van der Waals surface area contributed by atoms with Gasteiger partial charge in [-0.15, -0.1) is 0 Å². The maximum Gasteiger partial charge on any atom is 0 e. The molecule has 0 aromatic carbocycles. The van der Waals surface area contributed by atoms with Crippen molar-refractivity contribution in [2.24, 2.45) is 0 Å². The Balaban J connectivity index is 0. The van der Waals surface area contributed by atoms with Crippen LogP contribution in [0.3, 0.4) is 0 Å². The third-order valence-electron chi connectivity index (χ3n) is 0. The summed E-state index contributed by atoms with van der Waals surface area (Å²) in [6.07, 6.45) is 0. The molecule has 0 unspecified atom stereocenters. The predicted molar refractivity (Wildman–Crippen MR) is 20.9 cm³/mol. The molecule has 2 N–H and O–H groups in total. The molecule has 0 aromatic heterocycles. The molecule has 0 bridgehead atoms. The van der Waals surface area contributed by atoms with Crippen LogP contribution in [0.2, 0.25) is 0 Å². The van der Waals surface area contributed by atoms with Crippen LogP contribution >= 0.6 is 0 Å². The van der Waals surface area contributed by atoms with Gasteiger partial charge in [-0.1, -0.05) is 0 Å². The second-order valence-corrected chi connectivity index (χ2v) is 0. The zero-order chi connectivity index (χ0) is 0. The summed E-state index contributed by atoms with van der Waals surface area (Å²) in [6.45, 7) is 0. The summed E-state index contributed by atoms with van der Waals surface area (Å²) >= 11 is 0. The first kappa shape index (κ1) is 47.8. The molecule has 5 heavy (non-hydrogen) atoms. The second-order valence-electron chi connectivity index (χ2n) is 0. The molecule has 0 aromatic rings. The zero-order valence-corrected chi connectivity index (χ0v) is 9.79. The Bertz CT molecular complexity index is 11.6. The molecule has 0 aliphatic carbocycles. The minimum atomic E-state index is 0. The average molecular weight is 159 g/mol. The van der Waals surface area contributed by atoms with E-state index in [0.29, 0.717) is 0 Å². The van der Waals surface area contributed by atoms with Gasteiger partial charge in [0.15, 0.2) is 0 Å². The smallest absolute Gasteiger partial charge is 0 e. The largest absolute Gasteiger partial charge is 0.412 e. The fourth-order valence-corrected chi connectivity index (χ4v) is 0. The van der Waals surface area contributed by atoms with Crippen molar-refractivity contribution in [2.45, 2.75) is 0 Å². The van der Waals surface area contributed by atoms with Crippen molar-refractivity contribution in [1.29, 1.82) is 0 Å². The molecule has 7 radical (unpaired) electrons. The van der Waals surface area contributed by atoms with Crippen LogP contribution in [0.25, 0.3) is 0 Å². The Kier molecular flexibility index (Phi) is 287. The minimum Gasteiger partial charge on any atom is -0.412 e. The number of hydrogen-bond acceptors (Lipinski definition) is 0. The van der Waals surface area contributed by atoms with E-state index < -0.39 is 0 Å². The Morgan fingerprint density at radius 3 is 1.00 bits per heavy atom. The van der Waals surface area contributed by atoms with Crippen LogP contribution in [-0.4, -0.2) is 74.7 Å². The summed E-state index contributed by atoms with van der Waals surface area (Å²) in [5.41, 5.74) is 0. The van der Waals surface area contributed by atoms with Crippen molar-refractivity contribution >= 4 is 69.2 Å². The second kappa shape index (κ2) is 30.0. The third-order valence-corrected chi connectivity index (χ3v) is 0. The van der Waals surface area contributed by atoms with Crippen LogP contribution in [0.4, 0.5) is 0 Å². The van der Waals surface area contributed by atoms with Crippen LogP contribution in [0.15, 0.2) is 0 Å². The van der Waals surface area contributed by atoms with E-state index in [2.05, 4.69) is 0 Å². The van der Waals surface area contributed by atoms with E-state index in [1.54, 1.807) is 0 Å². The number of hydrogen-bond donors (Lipinski definition) is 0. The molecule has 0 saturated heterocycles. The maximum absolute atomic E-state index is 0. The zero-order valence-electron chi connectivity index (χ0n) is 3.20. The summed E-state index contributed by atoms with van der Waals surface area (Å²) in [5, 5.41) is 0. The van der Waals surface area contributed by atoms with Gasteiger partial charge in [-0.25, -0.2) is 0 Å². The predicted octanol–water partition coefficient (Wildman–Crippen LogP) is -1.97. The van der Waals surface area contributed by atoms with Gasteiger partial charge in [0.25, 0.3) is 0 Å². The molecule has 0 atom stereocenters. The normalized spacial score (nSPS) is 0. The Morgan fingerprint density at radius 1 is 1.00 bits per heavy atom. The Hall–Kier alpha value is 2.67. The topological polar surface area (TPSA) is 31.5 Å². The van der Waals surface area contributed by atoms with E-state index in [0.717, 1.165) is 0 Å². The van der Waals surface area contributed by atoms with Crippen LogP contribution < -0.4 is 0 Å². The van der Waals surface area contributed by atoms with Gasteiger partial charge in [-0.3, -0.25) is 0 Å². The van der Waals surface area contributed by atoms with Crippen molar-refractivity contribution in [3.63, 3.8) is 0 Å². The standard InChI is InChI=1S/B.Ca.Mg.H2O.Zn/h;;;1H2;. The Morgan fingerprint density at radius 2 is 1.00 bits per heavy atom. The van der Waals surface area contributed by atoms with Crippen LogP contribution in [0.5, 0.6) is 0 Å². The molecule has 0 rings (SSSR count). The quantitative estimate of drug-likeness (QED) is 0.367. The fourth-order valence-electron chi connectivity index (χ4n) is 0. The van der Waals surface area contributed by atoms with Gasteiger partial charge in [-0.05, 0) is 0 Å². The monoisotopic (exact) mass is 157 g/mol. The summed E-state index contributed by atoms with van der Waals surface area (Å²) in [7, 11) is 0. The maximum atomic E-state index is 0. The molecule has 0 saturated carbocycles. The molecule has 0 amide bonds. The molecule has 0 spiro atoms. The first-order valence-corrected chi connectivity index (χ1v) is 0. The molecular weight excluding hydrogens is 157 g/mol. The SMILES string of the molecule is O.[B].[Ca].[Mg].[Zn]. The molecule has 17 valence electrons. The minimum absolute atomic E-state index is 0. The summed E-state index contributed by atoms with van der Waals surface area (Å²) < 4.78 is 0. The molecule has 0 aliphatic heterocycles. The Labute approximate surface area is 92.4 Å². The third kappa shape index (κ3) is 20.4. The molecular formula is H2BCaMgOZn. The van der Waals surface area contributed by atoms with E-state index in [1.165, 1.54) is 0 Å². The van der Waals surface area contributed by atoms with Crippen LogP contribution in [0, 0.1) is 0 Å². The van der Waals surface area contributed by atoms with Crippen molar-refractivity contribution < 1.29 is 25.0 Å². The van der Waals surface area contributed by atoms with Crippen molar-refractivity contribution in [1.82, 2.24) is 0 Å². The van der Waals surface area contributed by atoms with Gasteiger partial charge < -0.3 is 5.48 Å². The molecule has 5 heteroatoms. The van der Waals surface area contributed by atoms with Gasteiger partial charge in [0.05, 0.1) is 0 Å². The van der Waals surface area contributed by atoms with Crippen molar-refractivity contribution in [2.75, 3.05) is 0 Å². The van der Waals surface area contributed by atoms with Gasteiger partial charge in [0.2, 0.25) is 0 Å². The van der Waals surface area contributed by atoms with Crippen LogP contribution in [0.1, 0.15) is 0 Å². The summed E-state index contributed by atoms with van der Waals surface area (Å²) in [4.78, 5) is 0. The summed E-state index contributed by atoms with van der Waals surface area (Å²) in [6, 6.07) is 0. The van der Waals surface area contributed by atoms with Gasteiger partial charge in [0, 0.05) is 88.7 Å². The van der Waals surface area contributed by atoms with Gasteiger partial charge in [-0.2, -0.15) is 0 Å². The average Bonchev–Trinajstić information content (AvgIpc) is 0. The molecule has 0 fully saturated rings. The van der Waals surface area contributed by atoms with E-state index in [4.69, 9.17) is 0 Å². The van der Waals surface area contributed by atoms with Gasteiger partial charge in [0.1, 0.15) is 0 Å². The van der Waals surface area contributed by atoms with E-state index in [-0.39, 0.29) is 94.2 Å². The van der Waals surface area contributed by atoms with E-state index >= 15 is 0 Å². The number of rotatable bonds is 0. The molecule has 0 aliphatic rings. The van der Waals surface area contributed by atoms with Crippen molar-refractivity contribution in [3.8, 4) is 0 Å². The fraction of sp³-hybridized carbons (Fsp3) is 0. The summed E-state index contributed by atoms with van der Waals surface area (Å²) in [5.74, 6) is 0. The first-order chi connectivity index (χ1) is 0. The van der Waals surface area contributed by atoms with Gasteiger partial charge >= 0.3 is 0 Å². The first-order valence-electron chi connectivity index (χ1n) is 0. The molecule has 0 heterocycles. The van der Waals surface area contributed by atoms with Crippen LogP contribution in [-0.2, 0) is 19.5 Å². The van der Waals surface area contributed by atoms with Crippen molar-refractivity contribution in [3.05, 3.63) is 0 Å². The molecule has 1 nitrogen and oxygen atoms in total. The van der Waals surface area contributed by atoms with E-state index in [1.807, 2.05) is 0 Å². The van der Waals surface area contributed by atoms with E-state index in [9.17, 15) is 0 Å².